The zero-order chi connectivity index (χ0) is 19.8. The third-order valence-electron chi connectivity index (χ3n) is 5.11. The monoisotopic (exact) mass is 399 g/mol. The quantitative estimate of drug-likeness (QED) is 0.625. The molecule has 1 saturated carbocycles. The van der Waals surface area contributed by atoms with Gasteiger partial charge in [0.1, 0.15) is 5.56 Å². The minimum Gasteiger partial charge on any atom is -0.338 e. The first kappa shape index (κ1) is 18.4. The SMILES string of the molecule is O=C(Nc1ccc2c(c1)CN(C(=O)C1CC1)CC2)c1cc(Cl)ccc1[N+](=O)[O-]. The fourth-order valence-corrected chi connectivity index (χ4v) is 3.63. The molecule has 2 aromatic rings. The number of nitro groups is 1. The molecule has 1 fully saturated rings. The van der Waals surface area contributed by atoms with Crippen LogP contribution >= 0.6 is 11.6 Å². The summed E-state index contributed by atoms with van der Waals surface area (Å²) in [5, 5.41) is 14.1. The number of nitrogens with one attached hydrogen (secondary N) is 1. The third-order valence-corrected chi connectivity index (χ3v) is 5.35. The van der Waals surface area contributed by atoms with Crippen LogP contribution < -0.4 is 5.32 Å². The molecule has 144 valence electrons. The van der Waals surface area contributed by atoms with E-state index < -0.39 is 10.8 Å². The topological polar surface area (TPSA) is 92.6 Å². The molecule has 2 aromatic carbocycles. The van der Waals surface area contributed by atoms with Crippen molar-refractivity contribution in [3.63, 3.8) is 0 Å². The molecule has 0 aromatic heterocycles. The number of hydrogen-bond acceptors (Lipinski definition) is 4. The van der Waals surface area contributed by atoms with Crippen molar-refractivity contribution in [2.24, 2.45) is 5.92 Å². The largest absolute Gasteiger partial charge is 0.338 e. The van der Waals surface area contributed by atoms with Crippen LogP contribution in [0.4, 0.5) is 11.4 Å². The predicted octanol–water partition coefficient (Wildman–Crippen LogP) is 3.80. The third kappa shape index (κ3) is 3.71. The van der Waals surface area contributed by atoms with Gasteiger partial charge in [-0.15, -0.1) is 0 Å². The van der Waals surface area contributed by atoms with Gasteiger partial charge in [0.25, 0.3) is 11.6 Å². The van der Waals surface area contributed by atoms with Gasteiger partial charge in [0, 0.05) is 35.8 Å². The van der Waals surface area contributed by atoms with E-state index in [0.717, 1.165) is 30.4 Å². The van der Waals surface area contributed by atoms with Gasteiger partial charge in [-0.1, -0.05) is 17.7 Å². The highest BCUT2D eigenvalue weighted by Crippen LogP contribution is 2.33. The molecule has 1 N–H and O–H groups in total. The summed E-state index contributed by atoms with van der Waals surface area (Å²) in [7, 11) is 0. The van der Waals surface area contributed by atoms with E-state index in [1.807, 2.05) is 17.0 Å². The maximum Gasteiger partial charge on any atom is 0.282 e. The second kappa shape index (κ2) is 7.24. The van der Waals surface area contributed by atoms with Gasteiger partial charge >= 0.3 is 0 Å². The van der Waals surface area contributed by atoms with Crippen LogP contribution in [0.2, 0.25) is 5.02 Å². The fraction of sp³-hybridized carbons (Fsp3) is 0.300. The molecule has 28 heavy (non-hydrogen) atoms. The van der Waals surface area contributed by atoms with E-state index in [0.29, 0.717) is 18.8 Å². The van der Waals surface area contributed by atoms with E-state index in [2.05, 4.69) is 5.32 Å². The van der Waals surface area contributed by atoms with E-state index in [1.165, 1.54) is 18.2 Å². The molecule has 2 amide bonds. The van der Waals surface area contributed by atoms with Crippen molar-refractivity contribution < 1.29 is 14.5 Å². The Morgan fingerprint density at radius 2 is 1.93 bits per heavy atom. The molecule has 2 aliphatic rings. The fourth-order valence-electron chi connectivity index (χ4n) is 3.46. The minimum atomic E-state index is -0.612. The number of rotatable bonds is 4. The Balaban J connectivity index is 1.54. The van der Waals surface area contributed by atoms with Crippen molar-refractivity contribution >= 4 is 34.8 Å². The van der Waals surface area contributed by atoms with Crippen molar-refractivity contribution in [3.8, 4) is 0 Å². The molecule has 1 aliphatic carbocycles. The van der Waals surface area contributed by atoms with Crippen molar-refractivity contribution in [2.75, 3.05) is 11.9 Å². The lowest BCUT2D eigenvalue weighted by Gasteiger charge is -2.29. The van der Waals surface area contributed by atoms with Gasteiger partial charge in [0.2, 0.25) is 5.91 Å². The molecular formula is C20H18ClN3O4. The van der Waals surface area contributed by atoms with Crippen LogP contribution in [0.5, 0.6) is 0 Å². The van der Waals surface area contributed by atoms with Crippen LogP contribution in [0, 0.1) is 16.0 Å². The average Bonchev–Trinajstić information content (AvgIpc) is 3.51. The van der Waals surface area contributed by atoms with Crippen molar-refractivity contribution in [2.45, 2.75) is 25.8 Å². The van der Waals surface area contributed by atoms with Crippen molar-refractivity contribution in [1.82, 2.24) is 4.90 Å². The highest BCUT2D eigenvalue weighted by Gasteiger charge is 2.34. The molecular weight excluding hydrogens is 382 g/mol. The lowest BCUT2D eigenvalue weighted by atomic mass is 9.98. The van der Waals surface area contributed by atoms with E-state index >= 15 is 0 Å². The number of benzene rings is 2. The smallest absolute Gasteiger partial charge is 0.282 e. The summed E-state index contributed by atoms with van der Waals surface area (Å²) in [4.78, 5) is 37.4. The second-order valence-corrected chi connectivity index (χ2v) is 7.58. The number of carbonyl (C=O) groups excluding carboxylic acids is 2. The summed E-state index contributed by atoms with van der Waals surface area (Å²) < 4.78 is 0. The van der Waals surface area contributed by atoms with Crippen LogP contribution in [0.3, 0.4) is 0 Å². The van der Waals surface area contributed by atoms with Crippen molar-refractivity contribution in [3.05, 3.63) is 68.2 Å². The van der Waals surface area contributed by atoms with Gasteiger partial charge in [-0.3, -0.25) is 19.7 Å². The number of hydrogen-bond donors (Lipinski definition) is 1. The molecule has 8 heteroatoms. The van der Waals surface area contributed by atoms with Crippen LogP contribution in [-0.2, 0) is 17.8 Å². The highest BCUT2D eigenvalue weighted by molar-refractivity contribution is 6.31. The molecule has 4 rings (SSSR count). The van der Waals surface area contributed by atoms with Crippen LogP contribution in [-0.4, -0.2) is 28.2 Å². The zero-order valence-corrected chi connectivity index (χ0v) is 15.7. The molecule has 7 nitrogen and oxygen atoms in total. The summed E-state index contributed by atoms with van der Waals surface area (Å²) in [5.74, 6) is -0.224. The lowest BCUT2D eigenvalue weighted by Crippen LogP contribution is -2.36. The van der Waals surface area contributed by atoms with Gasteiger partial charge in [-0.25, -0.2) is 0 Å². The Hall–Kier alpha value is -2.93. The van der Waals surface area contributed by atoms with Gasteiger partial charge in [0.15, 0.2) is 0 Å². The Bertz CT molecular complexity index is 987. The molecule has 0 atom stereocenters. The van der Waals surface area contributed by atoms with Gasteiger partial charge in [0.05, 0.1) is 4.92 Å². The van der Waals surface area contributed by atoms with Gasteiger partial charge in [-0.05, 0) is 54.7 Å². The Labute approximate surface area is 166 Å². The number of halogens is 1. The summed E-state index contributed by atoms with van der Waals surface area (Å²) in [6.45, 7) is 1.23. The first-order chi connectivity index (χ1) is 13.4. The Morgan fingerprint density at radius 1 is 1.14 bits per heavy atom. The van der Waals surface area contributed by atoms with E-state index in [9.17, 15) is 19.7 Å². The van der Waals surface area contributed by atoms with Gasteiger partial charge < -0.3 is 10.2 Å². The molecule has 0 spiro atoms. The number of anilines is 1. The Kier molecular flexibility index (Phi) is 4.77. The average molecular weight is 400 g/mol. The van der Waals surface area contributed by atoms with Crippen LogP contribution in [0.1, 0.15) is 34.3 Å². The number of carbonyl (C=O) groups is 2. The normalized spacial score (nSPS) is 15.7. The number of fused-ring (bicyclic) bond motifs is 1. The maximum atomic E-state index is 12.6. The minimum absolute atomic E-state index is 0.0965. The summed E-state index contributed by atoms with van der Waals surface area (Å²) in [6.07, 6.45) is 2.72. The maximum absolute atomic E-state index is 12.6. The first-order valence-corrected chi connectivity index (χ1v) is 9.46. The van der Waals surface area contributed by atoms with Crippen LogP contribution in [0.25, 0.3) is 0 Å². The standard InChI is InChI=1S/C20H18ClN3O4/c21-15-4-6-18(24(27)28)17(10-15)19(25)22-16-5-3-12-7-8-23(11-14(12)9-16)20(26)13-1-2-13/h3-6,9-10,13H,1-2,7-8,11H2,(H,22,25). The highest BCUT2D eigenvalue weighted by atomic mass is 35.5. The zero-order valence-electron chi connectivity index (χ0n) is 15.0. The van der Waals surface area contributed by atoms with E-state index in [-0.39, 0.29) is 28.1 Å². The molecule has 0 saturated heterocycles. The molecule has 0 unspecified atom stereocenters. The second-order valence-electron chi connectivity index (χ2n) is 7.14. The van der Waals surface area contributed by atoms with Gasteiger partial charge in [-0.2, -0.15) is 0 Å². The molecule has 1 aliphatic heterocycles. The van der Waals surface area contributed by atoms with E-state index in [4.69, 9.17) is 11.6 Å². The molecule has 0 radical (unpaired) electrons. The Morgan fingerprint density at radius 3 is 2.64 bits per heavy atom. The number of nitro benzene ring substituents is 1. The van der Waals surface area contributed by atoms with E-state index in [1.54, 1.807) is 6.07 Å². The van der Waals surface area contributed by atoms with Crippen LogP contribution in [0.15, 0.2) is 36.4 Å². The number of amides is 2. The summed E-state index contributed by atoms with van der Waals surface area (Å²) >= 11 is 5.90. The first-order valence-electron chi connectivity index (χ1n) is 9.08. The predicted molar refractivity (Wildman–Crippen MR) is 104 cm³/mol. The molecule has 1 heterocycles. The lowest BCUT2D eigenvalue weighted by molar-refractivity contribution is -0.385. The molecule has 0 bridgehead atoms. The summed E-state index contributed by atoms with van der Waals surface area (Å²) in [6, 6.07) is 9.40. The number of nitrogens with zero attached hydrogens (tertiary/aromatic N) is 2. The summed E-state index contributed by atoms with van der Waals surface area (Å²) in [5.41, 5.74) is 2.26. The van der Waals surface area contributed by atoms with Crippen molar-refractivity contribution in [1.29, 1.82) is 0 Å².